The molecule has 2 aromatic heterocycles. The molecule has 5 N–H and O–H groups in total. The van der Waals surface area contributed by atoms with E-state index in [0.717, 1.165) is 82.6 Å². The first-order valence-electron chi connectivity index (χ1n) is 33.2. The molecule has 0 amide bonds. The van der Waals surface area contributed by atoms with Crippen molar-refractivity contribution in [2.45, 2.75) is 99.3 Å². The van der Waals surface area contributed by atoms with Crippen LogP contribution in [0.2, 0.25) is 0 Å². The number of hydrogen-bond acceptors (Lipinski definition) is 17. The molecule has 20 nitrogen and oxygen atoms in total. The van der Waals surface area contributed by atoms with Crippen LogP contribution in [-0.2, 0) is 27.5 Å². The van der Waals surface area contributed by atoms with E-state index >= 15 is 8.78 Å². The summed E-state index contributed by atoms with van der Waals surface area (Å²) in [4.78, 5) is 43.6. The zero-order valence-corrected chi connectivity index (χ0v) is 61.5. The number of carbonyl (C=O) groups excluding carboxylic acids is 2. The minimum Gasteiger partial charge on any atom is -0.475 e. The lowest BCUT2D eigenvalue weighted by Crippen LogP contribution is -2.59. The third-order valence-corrected chi connectivity index (χ3v) is 18.3. The lowest BCUT2D eigenvalue weighted by molar-refractivity contribution is -0.531. The highest BCUT2D eigenvalue weighted by atomic mass is 79.9. The maximum Gasteiger partial charge on any atom is 0.490 e. The number of halogens is 8. The van der Waals surface area contributed by atoms with Gasteiger partial charge in [-0.2, -0.15) is 32.8 Å². The Morgan fingerprint density at radius 2 is 0.942 bits per heavy atom. The summed E-state index contributed by atoms with van der Waals surface area (Å²) in [6.07, 6.45) is 2.77. The summed E-state index contributed by atoms with van der Waals surface area (Å²) in [6.45, 7) is 15.8. The van der Waals surface area contributed by atoms with E-state index in [2.05, 4.69) is 31.9 Å². The van der Waals surface area contributed by atoms with Crippen LogP contribution < -0.4 is 39.3 Å². The molecule has 0 fully saturated rings. The Morgan fingerprint density at radius 3 is 1.25 bits per heavy atom. The van der Waals surface area contributed by atoms with E-state index in [-0.39, 0.29) is 75.8 Å². The average Bonchev–Trinajstić information content (AvgIpc) is 1.65. The van der Waals surface area contributed by atoms with E-state index in [1.54, 1.807) is 24.3 Å². The third-order valence-electron chi connectivity index (χ3n) is 16.6. The van der Waals surface area contributed by atoms with Crippen LogP contribution in [-0.4, -0.2) is 137 Å². The molecule has 0 saturated heterocycles. The Balaban J connectivity index is 0.000000264. The fourth-order valence-electron chi connectivity index (χ4n) is 12.0. The third kappa shape index (κ3) is 21.0. The highest BCUT2D eigenvalue weighted by molar-refractivity contribution is 8.93. The van der Waals surface area contributed by atoms with Crippen LogP contribution in [0.5, 0.6) is 11.5 Å². The standard InChI is InChI=1S/2C36H40F2N6O3S.C2HF3O2.BrH/c2*1-4-13-40-20-34(46)47-35-25(2)16-28(17-26(35)3)21-42-23-43(36-41-32(22-48-36)29-9-7-27(19-39)8-10-29)44(24-42,14-5-6-15-45)33-12-11-30(37)18-31(33)38;3-2(4,5)1(6)7;/h2*7-12,16-18,22,24,40,45H,4-6,13-15,20-21,23H2,1-3H3;(H,6,7);1H/q2*+2;;. The summed E-state index contributed by atoms with van der Waals surface area (Å²) in [5.41, 5.74) is 9.97. The number of ether oxygens (including phenoxy) is 2. The van der Waals surface area contributed by atoms with Crippen LogP contribution >= 0.6 is 39.7 Å². The number of rotatable bonds is 28. The molecule has 4 heterocycles. The number of carboxylic acid groups (broad SMARTS) is 1. The summed E-state index contributed by atoms with van der Waals surface area (Å²) < 4.78 is 107. The molecule has 104 heavy (non-hydrogen) atoms. The van der Waals surface area contributed by atoms with Gasteiger partial charge in [0.25, 0.3) is 13.3 Å². The van der Waals surface area contributed by atoms with Crippen LogP contribution in [0.25, 0.3) is 22.5 Å². The Bertz CT molecular complexity index is 4140. The van der Waals surface area contributed by atoms with E-state index in [4.69, 9.17) is 29.3 Å². The van der Waals surface area contributed by atoms with E-state index in [0.29, 0.717) is 109 Å². The molecule has 6 aromatic carbocycles. The van der Waals surface area contributed by atoms with Crippen molar-refractivity contribution in [2.24, 2.45) is 0 Å². The van der Waals surface area contributed by atoms with Gasteiger partial charge in [0, 0.05) is 83.3 Å². The van der Waals surface area contributed by atoms with Gasteiger partial charge in [-0.15, -0.1) is 27.0 Å². The number of nitrogens with zero attached hydrogens (tertiary/aromatic N) is 10. The molecule has 10 rings (SSSR count). The predicted molar refractivity (Wildman–Crippen MR) is 391 cm³/mol. The van der Waals surface area contributed by atoms with E-state index in [1.807, 2.05) is 124 Å². The molecule has 2 aliphatic heterocycles. The summed E-state index contributed by atoms with van der Waals surface area (Å²) in [6, 6.07) is 33.8. The molecule has 2 atom stereocenters. The highest BCUT2D eigenvalue weighted by Crippen LogP contribution is 2.41. The smallest absolute Gasteiger partial charge is 0.475 e. The number of nitrogens with one attached hydrogen (secondary N) is 2. The van der Waals surface area contributed by atoms with Gasteiger partial charge in [0.1, 0.15) is 36.2 Å². The molecule has 8 aromatic rings. The topological polar surface area (TPSA) is 240 Å². The molecule has 2 aliphatic rings. The number of alkyl halides is 3. The number of hydrogen-bond donors (Lipinski definition) is 5. The van der Waals surface area contributed by atoms with Gasteiger partial charge < -0.3 is 35.4 Å². The van der Waals surface area contributed by atoms with Crippen molar-refractivity contribution in [2.75, 3.05) is 75.8 Å². The van der Waals surface area contributed by atoms with E-state index in [1.165, 1.54) is 46.9 Å². The number of thiazole rings is 2. The van der Waals surface area contributed by atoms with Gasteiger partial charge in [0.15, 0.2) is 24.7 Å². The summed E-state index contributed by atoms with van der Waals surface area (Å²) >= 11 is 2.83. The van der Waals surface area contributed by atoms with Crippen molar-refractivity contribution in [3.05, 3.63) is 188 Å². The first-order chi connectivity index (χ1) is 49.3. The van der Waals surface area contributed by atoms with Gasteiger partial charge >= 0.3 is 36.8 Å². The fourth-order valence-corrected chi connectivity index (χ4v) is 13.7. The van der Waals surface area contributed by atoms with Gasteiger partial charge in [-0.1, -0.05) is 70.0 Å². The van der Waals surface area contributed by atoms with Crippen molar-refractivity contribution in [3.63, 3.8) is 0 Å². The highest BCUT2D eigenvalue weighted by Gasteiger charge is 2.53. The normalized spacial score (nSPS) is 15.3. The average molecular weight is 1540 g/mol. The maximum absolute atomic E-state index is 15.7. The van der Waals surface area contributed by atoms with Crippen molar-refractivity contribution in [1.29, 1.82) is 10.5 Å². The second-order valence-corrected chi connectivity index (χ2v) is 26.3. The van der Waals surface area contributed by atoms with Crippen LogP contribution in [0, 0.1) is 73.6 Å². The van der Waals surface area contributed by atoms with Gasteiger partial charge in [-0.05, 0) is 149 Å². The number of unbranched alkanes of at least 4 members (excludes halogenated alkanes) is 2. The van der Waals surface area contributed by atoms with Gasteiger partial charge in [-0.25, -0.2) is 32.3 Å². The first kappa shape index (κ1) is 82.0. The number of carboxylic acids is 1. The molecule has 2 unspecified atom stereocenters. The molecule has 0 aliphatic carbocycles. The zero-order valence-electron chi connectivity index (χ0n) is 58.2. The molecular formula is C74H82BrF7N12O8S2+4. The minimum absolute atomic E-state index is 0. The SMILES string of the molecule is Br.CCCNCC(=O)Oc1c(C)cc(C[N+]2=C[N+](CCCCO)(c3ccc(F)cc3F)N(c3nc(-c4ccc(C#N)cc4)cs3)C2)cc1C.CCCNCC(=O)Oc1c(C)cc(C[N+]2=C[N+](CCCCO)(c3ccc(F)cc3F)N(c3nc(-c4ccc(C#N)cc4)cs3)C2)cc1C.O=C(O)C(F)(F)F. The van der Waals surface area contributed by atoms with Crippen LogP contribution in [0.15, 0.2) is 120 Å². The number of aromatic nitrogens is 2. The van der Waals surface area contributed by atoms with Crippen molar-refractivity contribution < 1.29 is 79.1 Å². The number of anilines is 2. The monoisotopic (exact) mass is 1540 g/mol. The molecule has 0 radical (unpaired) electrons. The molecule has 550 valence electrons. The van der Waals surface area contributed by atoms with Crippen molar-refractivity contribution in [3.8, 4) is 46.2 Å². The number of esters is 2. The predicted octanol–water partition coefficient (Wildman–Crippen LogP) is 13.6. The Kier molecular flexibility index (Phi) is 29.9. The fraction of sp³-hybridized carbons (Fsp3) is 0.338. The number of aliphatic hydroxyl groups excluding tert-OH is 2. The first-order valence-corrected chi connectivity index (χ1v) is 34.9. The van der Waals surface area contributed by atoms with Gasteiger partial charge in [-0.3, -0.25) is 9.59 Å². The number of nitriles is 2. The zero-order chi connectivity index (χ0) is 74.6. The molecule has 0 spiro atoms. The number of quaternary nitrogens is 2. The lowest BCUT2D eigenvalue weighted by atomic mass is 10.1. The Morgan fingerprint density at radius 1 is 0.587 bits per heavy atom. The number of aryl methyl sites for hydroxylation is 4. The number of benzene rings is 6. The van der Waals surface area contributed by atoms with Gasteiger partial charge in [0.05, 0.1) is 47.7 Å². The maximum atomic E-state index is 15.7. The second-order valence-electron chi connectivity index (χ2n) is 24.6. The molecule has 30 heteroatoms. The van der Waals surface area contributed by atoms with Crippen molar-refractivity contribution in [1.82, 2.24) is 29.8 Å². The Labute approximate surface area is 616 Å². The van der Waals surface area contributed by atoms with Crippen LogP contribution in [0.1, 0.15) is 96.9 Å². The lowest BCUT2D eigenvalue weighted by Gasteiger charge is -2.33. The van der Waals surface area contributed by atoms with Gasteiger partial charge in [0.2, 0.25) is 21.6 Å². The van der Waals surface area contributed by atoms with E-state index < -0.39 is 35.4 Å². The van der Waals surface area contributed by atoms with Crippen molar-refractivity contribution >= 4 is 91.9 Å². The van der Waals surface area contributed by atoms with Crippen LogP contribution in [0.4, 0.5) is 52.4 Å². The van der Waals surface area contributed by atoms with E-state index in [9.17, 15) is 52.3 Å². The number of aliphatic hydroxyl groups is 2. The molecular weight excluding hydrogens is 1460 g/mol. The van der Waals surface area contributed by atoms with Crippen LogP contribution in [0.3, 0.4) is 0 Å². The number of aliphatic carboxylic acids is 1. The second kappa shape index (κ2) is 37.9. The number of carbonyl (C=O) groups is 3. The summed E-state index contributed by atoms with van der Waals surface area (Å²) in [7, 11) is 0. The molecule has 0 saturated carbocycles. The quantitative estimate of drug-likeness (QED) is 0.00765. The molecule has 0 bridgehead atoms. The summed E-state index contributed by atoms with van der Waals surface area (Å²) in [5.74, 6) is -5.08. The minimum atomic E-state index is -5.08. The summed E-state index contributed by atoms with van der Waals surface area (Å²) in [5, 5.41) is 60.0. The largest absolute Gasteiger partial charge is 0.490 e. The Hall–Kier alpha value is -9.34.